The van der Waals surface area contributed by atoms with Gasteiger partial charge in [0.25, 0.3) is 0 Å². The number of halogens is 1. The van der Waals surface area contributed by atoms with E-state index in [4.69, 9.17) is 9.84 Å². The summed E-state index contributed by atoms with van der Waals surface area (Å²) in [6, 6.07) is 12.6. The first-order chi connectivity index (χ1) is 13.5. The van der Waals surface area contributed by atoms with Crippen LogP contribution >= 0.6 is 0 Å². The van der Waals surface area contributed by atoms with Gasteiger partial charge < -0.3 is 4.74 Å². The van der Waals surface area contributed by atoms with Crippen LogP contribution in [0.5, 0.6) is 5.75 Å². The average molecular weight is 378 g/mol. The highest BCUT2D eigenvalue weighted by molar-refractivity contribution is 6.06. The fraction of sp³-hybridized carbons (Fsp3) is 0.304. The van der Waals surface area contributed by atoms with E-state index in [9.17, 15) is 9.18 Å². The van der Waals surface area contributed by atoms with E-state index in [1.165, 1.54) is 24.6 Å². The second-order valence-corrected chi connectivity index (χ2v) is 7.39. The Morgan fingerprint density at radius 1 is 1.21 bits per heavy atom. The van der Waals surface area contributed by atoms with Gasteiger partial charge in [0.15, 0.2) is 5.78 Å². The standard InChI is InChI=1S/C23H23FN2O2/c1-14(12-15(2)27)26-23(17-4-8-18(24)9-5-17)20-11-7-16-6-10-19(28-3)13-21(16)22(20)25-26/h4-6,8-10,12-13,20,23H,7,11H2,1-3H3/b14-12+/t20-,23-/m0/s1. The highest BCUT2D eigenvalue weighted by atomic mass is 19.1. The molecule has 144 valence electrons. The largest absolute Gasteiger partial charge is 0.497 e. The van der Waals surface area contributed by atoms with Gasteiger partial charge in [-0.3, -0.25) is 9.80 Å². The molecule has 0 saturated heterocycles. The molecule has 0 aromatic heterocycles. The van der Waals surface area contributed by atoms with Crippen molar-refractivity contribution < 1.29 is 13.9 Å². The molecule has 4 nitrogen and oxygen atoms in total. The van der Waals surface area contributed by atoms with Crippen LogP contribution in [0.15, 0.2) is 59.3 Å². The number of carbonyl (C=O) groups excluding carboxylic acids is 1. The van der Waals surface area contributed by atoms with E-state index in [0.29, 0.717) is 0 Å². The monoisotopic (exact) mass is 378 g/mol. The van der Waals surface area contributed by atoms with Crippen molar-refractivity contribution >= 4 is 11.5 Å². The first-order valence-corrected chi connectivity index (χ1v) is 9.47. The average Bonchev–Trinajstić information content (AvgIpc) is 3.08. The maximum Gasteiger partial charge on any atom is 0.154 e. The molecule has 0 unspecified atom stereocenters. The number of carbonyl (C=O) groups is 1. The van der Waals surface area contributed by atoms with Crippen LogP contribution < -0.4 is 4.74 Å². The number of ketones is 1. The van der Waals surface area contributed by atoms with E-state index in [0.717, 1.165) is 41.1 Å². The Kier molecular flexibility index (Phi) is 4.75. The third kappa shape index (κ3) is 3.21. The molecule has 1 heterocycles. The Hall–Kier alpha value is -2.95. The topological polar surface area (TPSA) is 41.9 Å². The van der Waals surface area contributed by atoms with E-state index >= 15 is 0 Å². The molecule has 1 aliphatic carbocycles. The Balaban J connectivity index is 1.83. The zero-order valence-corrected chi connectivity index (χ0v) is 16.3. The van der Waals surface area contributed by atoms with E-state index in [1.54, 1.807) is 13.2 Å². The number of ether oxygens (including phenoxy) is 1. The second-order valence-electron chi connectivity index (χ2n) is 7.39. The van der Waals surface area contributed by atoms with E-state index < -0.39 is 0 Å². The van der Waals surface area contributed by atoms with E-state index in [1.807, 2.05) is 36.2 Å². The lowest BCUT2D eigenvalue weighted by molar-refractivity contribution is -0.112. The number of hydrazone groups is 1. The number of nitrogens with zero attached hydrogens (tertiary/aromatic N) is 2. The van der Waals surface area contributed by atoms with Gasteiger partial charge in [0, 0.05) is 23.3 Å². The second kappa shape index (κ2) is 7.23. The van der Waals surface area contributed by atoms with Crippen molar-refractivity contribution in [2.24, 2.45) is 11.0 Å². The van der Waals surface area contributed by atoms with Gasteiger partial charge in [0.1, 0.15) is 11.6 Å². The minimum atomic E-state index is -0.260. The van der Waals surface area contributed by atoms with Crippen molar-refractivity contribution in [1.82, 2.24) is 5.01 Å². The number of hydrogen-bond donors (Lipinski definition) is 0. The molecule has 0 radical (unpaired) electrons. The fourth-order valence-electron chi connectivity index (χ4n) is 4.26. The van der Waals surface area contributed by atoms with Crippen LogP contribution in [0.3, 0.4) is 0 Å². The van der Waals surface area contributed by atoms with Crippen LogP contribution in [0.25, 0.3) is 0 Å². The Bertz CT molecular complexity index is 979. The predicted molar refractivity (Wildman–Crippen MR) is 107 cm³/mol. The molecule has 2 aromatic rings. The highest BCUT2D eigenvalue weighted by Gasteiger charge is 2.42. The summed E-state index contributed by atoms with van der Waals surface area (Å²) in [6.45, 7) is 3.43. The summed E-state index contributed by atoms with van der Waals surface area (Å²) in [5.41, 5.74) is 5.14. The summed E-state index contributed by atoms with van der Waals surface area (Å²) in [4.78, 5) is 11.7. The molecule has 4 rings (SSSR count). The summed E-state index contributed by atoms with van der Waals surface area (Å²) < 4.78 is 18.9. The first kappa shape index (κ1) is 18.4. The van der Waals surface area contributed by atoms with Gasteiger partial charge >= 0.3 is 0 Å². The van der Waals surface area contributed by atoms with Crippen LogP contribution in [-0.4, -0.2) is 23.6 Å². The van der Waals surface area contributed by atoms with Crippen molar-refractivity contribution in [3.8, 4) is 5.75 Å². The van der Waals surface area contributed by atoms with Crippen LogP contribution in [0.1, 0.15) is 43.0 Å². The lowest BCUT2D eigenvalue weighted by Crippen LogP contribution is -2.28. The first-order valence-electron chi connectivity index (χ1n) is 9.47. The lowest BCUT2D eigenvalue weighted by Gasteiger charge is -2.31. The quantitative estimate of drug-likeness (QED) is 0.727. The summed E-state index contributed by atoms with van der Waals surface area (Å²) in [6.07, 6.45) is 3.50. The molecular weight excluding hydrogens is 355 g/mol. The van der Waals surface area contributed by atoms with Crippen molar-refractivity contribution in [3.63, 3.8) is 0 Å². The molecule has 0 amide bonds. The van der Waals surface area contributed by atoms with Crippen LogP contribution in [0.2, 0.25) is 0 Å². The third-order valence-electron chi connectivity index (χ3n) is 5.51. The molecular formula is C23H23FN2O2. The van der Waals surface area contributed by atoms with Gasteiger partial charge in [-0.1, -0.05) is 18.2 Å². The minimum Gasteiger partial charge on any atom is -0.497 e. The smallest absolute Gasteiger partial charge is 0.154 e. The molecule has 0 bridgehead atoms. The number of rotatable bonds is 4. The minimum absolute atomic E-state index is 0.0208. The summed E-state index contributed by atoms with van der Waals surface area (Å²) >= 11 is 0. The van der Waals surface area contributed by atoms with Gasteiger partial charge in [-0.25, -0.2) is 4.39 Å². The molecule has 2 atom stereocenters. The van der Waals surface area contributed by atoms with Gasteiger partial charge in [-0.15, -0.1) is 0 Å². The molecule has 5 heteroatoms. The number of allylic oxidation sites excluding steroid dienone is 2. The van der Waals surface area contributed by atoms with E-state index in [2.05, 4.69) is 6.07 Å². The van der Waals surface area contributed by atoms with Crippen molar-refractivity contribution in [3.05, 3.63) is 76.7 Å². The number of fused-ring (bicyclic) bond motifs is 3. The van der Waals surface area contributed by atoms with E-state index in [-0.39, 0.29) is 23.6 Å². The van der Waals surface area contributed by atoms with Gasteiger partial charge in [-0.05, 0) is 62.1 Å². The molecule has 1 aliphatic heterocycles. The SMILES string of the molecule is COc1ccc2c(c1)C1=NN(/C(C)=C/C(C)=O)[C@@H](c3ccc(F)cc3)[C@H]1CC2. The lowest BCUT2D eigenvalue weighted by atomic mass is 9.77. The molecule has 2 aliphatic rings. The molecule has 0 N–H and O–H groups in total. The highest BCUT2D eigenvalue weighted by Crippen LogP contribution is 2.45. The molecule has 0 fully saturated rings. The zero-order valence-electron chi connectivity index (χ0n) is 16.3. The Morgan fingerprint density at radius 2 is 1.96 bits per heavy atom. The van der Waals surface area contributed by atoms with Crippen LogP contribution in [-0.2, 0) is 11.2 Å². The molecule has 2 aromatic carbocycles. The summed E-state index contributed by atoms with van der Waals surface area (Å²) in [5.74, 6) is 0.687. The van der Waals surface area contributed by atoms with Crippen molar-refractivity contribution in [1.29, 1.82) is 0 Å². The van der Waals surface area contributed by atoms with Crippen LogP contribution in [0.4, 0.5) is 4.39 Å². The van der Waals surface area contributed by atoms with Crippen molar-refractivity contribution in [2.75, 3.05) is 7.11 Å². The van der Waals surface area contributed by atoms with Crippen molar-refractivity contribution in [2.45, 2.75) is 32.7 Å². The fourth-order valence-corrected chi connectivity index (χ4v) is 4.26. The maximum absolute atomic E-state index is 13.5. The Morgan fingerprint density at radius 3 is 2.64 bits per heavy atom. The Labute approximate surface area is 164 Å². The number of aryl methyl sites for hydroxylation is 1. The molecule has 28 heavy (non-hydrogen) atoms. The molecule has 0 saturated carbocycles. The zero-order chi connectivity index (χ0) is 19.8. The number of methoxy groups -OCH3 is 1. The summed E-state index contributed by atoms with van der Waals surface area (Å²) in [7, 11) is 1.66. The number of hydrogen-bond acceptors (Lipinski definition) is 4. The summed E-state index contributed by atoms with van der Waals surface area (Å²) in [5, 5.41) is 6.86. The van der Waals surface area contributed by atoms with Gasteiger partial charge in [0.2, 0.25) is 0 Å². The predicted octanol–water partition coefficient (Wildman–Crippen LogP) is 4.65. The van der Waals surface area contributed by atoms with Gasteiger partial charge in [0.05, 0.1) is 18.9 Å². The number of benzene rings is 2. The molecule has 0 spiro atoms. The normalized spacial score (nSPS) is 21.1. The third-order valence-corrected chi connectivity index (χ3v) is 5.51. The van der Waals surface area contributed by atoms with Gasteiger partial charge in [-0.2, -0.15) is 5.10 Å². The van der Waals surface area contributed by atoms with Crippen LogP contribution in [0, 0.1) is 11.7 Å². The maximum atomic E-state index is 13.5.